The number of hydrogen-bond donors (Lipinski definition) is 1. The molecule has 0 bridgehead atoms. The van der Waals surface area contributed by atoms with Gasteiger partial charge in [0.05, 0.1) is 16.6 Å². The standard InChI is InChI=1S/C25H22N2O5/c1-3-11-26-18-8-5-4-7-17(18)25(24(26)31)20-21(29)16-14-15(2)9-10-19(16)32-22(20)23(30)27(25)12-6-13-28/h3-5,7-10,14,28H,1,6,11-13H2,2H3/t25-/m0/s1. The molecule has 162 valence electrons. The van der Waals surface area contributed by atoms with E-state index in [1.54, 1.807) is 42.5 Å². The molecule has 7 nitrogen and oxygen atoms in total. The predicted molar refractivity (Wildman–Crippen MR) is 120 cm³/mol. The maximum atomic E-state index is 14.1. The number of para-hydroxylation sites is 1. The Morgan fingerprint density at radius 2 is 1.94 bits per heavy atom. The number of aliphatic hydroxyl groups excluding tert-OH is 1. The van der Waals surface area contributed by atoms with Crippen LogP contribution in [-0.4, -0.2) is 41.5 Å². The van der Waals surface area contributed by atoms with Crippen LogP contribution in [-0.2, 0) is 10.3 Å². The summed E-state index contributed by atoms with van der Waals surface area (Å²) < 4.78 is 5.96. The molecule has 1 atom stereocenters. The first-order chi connectivity index (χ1) is 15.5. The number of rotatable bonds is 5. The molecule has 3 aromatic rings. The van der Waals surface area contributed by atoms with Crippen molar-refractivity contribution in [2.45, 2.75) is 18.9 Å². The van der Waals surface area contributed by atoms with Crippen LogP contribution in [0.4, 0.5) is 5.69 Å². The molecule has 0 saturated carbocycles. The second kappa shape index (κ2) is 7.17. The van der Waals surface area contributed by atoms with Gasteiger partial charge in [0, 0.05) is 25.3 Å². The first kappa shape index (κ1) is 20.2. The van der Waals surface area contributed by atoms with Gasteiger partial charge in [-0.2, -0.15) is 0 Å². The highest BCUT2D eigenvalue weighted by atomic mass is 16.3. The number of aliphatic hydroxyl groups is 1. The third-order valence-electron chi connectivity index (χ3n) is 6.24. The largest absolute Gasteiger partial charge is 0.450 e. The van der Waals surface area contributed by atoms with Crippen LogP contribution < -0.4 is 10.3 Å². The van der Waals surface area contributed by atoms with E-state index in [1.807, 2.05) is 13.0 Å². The van der Waals surface area contributed by atoms with E-state index < -0.39 is 22.8 Å². The predicted octanol–water partition coefficient (Wildman–Crippen LogP) is 2.72. The summed E-state index contributed by atoms with van der Waals surface area (Å²) in [5.74, 6) is -1.05. The third kappa shape index (κ3) is 2.42. The Bertz CT molecular complexity index is 1360. The van der Waals surface area contributed by atoms with Crippen LogP contribution in [0.1, 0.15) is 33.7 Å². The molecule has 2 aromatic carbocycles. The van der Waals surface area contributed by atoms with Crippen LogP contribution >= 0.6 is 0 Å². The normalized spacial score (nSPS) is 19.2. The molecule has 1 N–H and O–H groups in total. The summed E-state index contributed by atoms with van der Waals surface area (Å²) in [6.07, 6.45) is 1.86. The van der Waals surface area contributed by atoms with Crippen LogP contribution in [0, 0.1) is 6.92 Å². The van der Waals surface area contributed by atoms with Crippen molar-refractivity contribution in [3.8, 4) is 0 Å². The van der Waals surface area contributed by atoms with Gasteiger partial charge in [-0.15, -0.1) is 6.58 Å². The number of benzene rings is 2. The SMILES string of the molecule is C=CCN1C(=O)[C@]2(c3ccccc31)c1c(oc3ccc(C)cc3c1=O)C(=O)N2CCCO. The van der Waals surface area contributed by atoms with Gasteiger partial charge in [0.15, 0.2) is 11.0 Å². The summed E-state index contributed by atoms with van der Waals surface area (Å²) in [5, 5.41) is 9.79. The van der Waals surface area contributed by atoms with Gasteiger partial charge in [-0.3, -0.25) is 14.4 Å². The zero-order chi connectivity index (χ0) is 22.6. The van der Waals surface area contributed by atoms with Crippen molar-refractivity contribution in [2.24, 2.45) is 0 Å². The molecule has 2 amide bonds. The molecule has 2 aliphatic heterocycles. The first-order valence-corrected chi connectivity index (χ1v) is 10.5. The van der Waals surface area contributed by atoms with Crippen LogP contribution in [0.2, 0.25) is 0 Å². The summed E-state index contributed by atoms with van der Waals surface area (Å²) in [5.41, 5.74) is 0.350. The molecular weight excluding hydrogens is 408 g/mol. The molecule has 7 heteroatoms. The van der Waals surface area contributed by atoms with Crippen LogP contribution in [0.5, 0.6) is 0 Å². The second-order valence-corrected chi connectivity index (χ2v) is 8.10. The molecule has 0 fully saturated rings. The van der Waals surface area contributed by atoms with Crippen molar-refractivity contribution in [2.75, 3.05) is 24.6 Å². The molecule has 0 radical (unpaired) electrons. The van der Waals surface area contributed by atoms with Crippen molar-refractivity contribution in [3.63, 3.8) is 0 Å². The maximum absolute atomic E-state index is 14.1. The van der Waals surface area contributed by atoms with Gasteiger partial charge >= 0.3 is 0 Å². The first-order valence-electron chi connectivity index (χ1n) is 10.5. The minimum absolute atomic E-state index is 0.0440. The van der Waals surface area contributed by atoms with Gasteiger partial charge in [-0.25, -0.2) is 0 Å². The number of aryl methyl sites for hydroxylation is 1. The topological polar surface area (TPSA) is 91.1 Å². The smallest absolute Gasteiger partial charge is 0.291 e. The van der Waals surface area contributed by atoms with Crippen LogP contribution in [0.25, 0.3) is 11.0 Å². The Kier molecular flexibility index (Phi) is 4.53. The summed E-state index contributed by atoms with van der Waals surface area (Å²) in [7, 11) is 0. The number of nitrogens with zero attached hydrogens (tertiary/aromatic N) is 2. The van der Waals surface area contributed by atoms with Gasteiger partial charge < -0.3 is 19.3 Å². The molecule has 0 aliphatic carbocycles. The zero-order valence-electron chi connectivity index (χ0n) is 17.6. The second-order valence-electron chi connectivity index (χ2n) is 8.10. The van der Waals surface area contributed by atoms with E-state index in [0.717, 1.165) is 5.56 Å². The molecule has 2 aliphatic rings. The average Bonchev–Trinajstić information content (AvgIpc) is 3.18. The lowest BCUT2D eigenvalue weighted by atomic mass is 9.84. The summed E-state index contributed by atoms with van der Waals surface area (Å²) >= 11 is 0. The molecule has 1 aromatic heterocycles. The van der Waals surface area contributed by atoms with Crippen molar-refractivity contribution < 1.29 is 19.1 Å². The van der Waals surface area contributed by atoms with E-state index in [2.05, 4.69) is 6.58 Å². The lowest BCUT2D eigenvalue weighted by Crippen LogP contribution is -2.53. The van der Waals surface area contributed by atoms with Gasteiger partial charge in [0.2, 0.25) is 5.76 Å². The fourth-order valence-electron chi connectivity index (χ4n) is 4.94. The Hall–Kier alpha value is -3.71. The molecule has 1 spiro atoms. The highest BCUT2D eigenvalue weighted by Crippen LogP contribution is 2.52. The Morgan fingerprint density at radius 1 is 1.16 bits per heavy atom. The van der Waals surface area contributed by atoms with Crippen LogP contribution in [0.3, 0.4) is 0 Å². The van der Waals surface area contributed by atoms with E-state index >= 15 is 0 Å². The summed E-state index contributed by atoms with van der Waals surface area (Å²) in [6.45, 7) is 5.78. The van der Waals surface area contributed by atoms with Gasteiger partial charge in [-0.05, 0) is 31.5 Å². The molecule has 3 heterocycles. The van der Waals surface area contributed by atoms with E-state index in [1.165, 1.54) is 9.80 Å². The van der Waals surface area contributed by atoms with Crippen molar-refractivity contribution in [3.05, 3.63) is 87.8 Å². The number of anilines is 1. The van der Waals surface area contributed by atoms with E-state index in [-0.39, 0.29) is 37.4 Å². The lowest BCUT2D eigenvalue weighted by molar-refractivity contribution is -0.126. The highest BCUT2D eigenvalue weighted by molar-refractivity contribution is 6.17. The highest BCUT2D eigenvalue weighted by Gasteiger charge is 2.64. The van der Waals surface area contributed by atoms with Crippen molar-refractivity contribution in [1.29, 1.82) is 0 Å². The summed E-state index contributed by atoms with van der Waals surface area (Å²) in [4.78, 5) is 44.4. The number of fused-ring (bicyclic) bond motifs is 5. The lowest BCUT2D eigenvalue weighted by Gasteiger charge is -2.34. The average molecular weight is 430 g/mol. The Balaban J connectivity index is 1.91. The van der Waals surface area contributed by atoms with Gasteiger partial charge in [0.25, 0.3) is 11.8 Å². The van der Waals surface area contributed by atoms with E-state index in [9.17, 15) is 19.5 Å². The number of hydrogen-bond acceptors (Lipinski definition) is 5. The Labute approximate surface area is 184 Å². The van der Waals surface area contributed by atoms with Gasteiger partial charge in [-0.1, -0.05) is 35.9 Å². The quantitative estimate of drug-likeness (QED) is 0.629. The zero-order valence-corrected chi connectivity index (χ0v) is 17.6. The molecule has 5 rings (SSSR count). The summed E-state index contributed by atoms with van der Waals surface area (Å²) in [6, 6.07) is 12.3. The minimum atomic E-state index is -1.64. The molecule has 32 heavy (non-hydrogen) atoms. The Morgan fingerprint density at radius 3 is 2.69 bits per heavy atom. The molecule has 0 unspecified atom stereocenters. The van der Waals surface area contributed by atoms with E-state index in [0.29, 0.717) is 22.2 Å². The van der Waals surface area contributed by atoms with Crippen LogP contribution in [0.15, 0.2) is 64.3 Å². The van der Waals surface area contributed by atoms with Crippen molar-refractivity contribution >= 4 is 28.5 Å². The fraction of sp³-hybridized carbons (Fsp3) is 0.240. The maximum Gasteiger partial charge on any atom is 0.291 e. The fourth-order valence-corrected chi connectivity index (χ4v) is 4.94. The number of carbonyl (C=O) groups excluding carboxylic acids is 2. The third-order valence-corrected chi connectivity index (χ3v) is 6.24. The molecular formula is C25H22N2O5. The minimum Gasteiger partial charge on any atom is -0.450 e. The number of carbonyl (C=O) groups is 2. The van der Waals surface area contributed by atoms with Gasteiger partial charge in [0.1, 0.15) is 5.58 Å². The monoisotopic (exact) mass is 430 g/mol. The molecule has 0 saturated heterocycles. The van der Waals surface area contributed by atoms with E-state index in [4.69, 9.17) is 4.42 Å². The van der Waals surface area contributed by atoms with Crippen molar-refractivity contribution in [1.82, 2.24) is 4.90 Å². The number of amides is 2.